The molecule has 0 saturated heterocycles. The predicted octanol–water partition coefficient (Wildman–Crippen LogP) is 2.97. The van der Waals surface area contributed by atoms with Gasteiger partial charge in [0.25, 0.3) is 0 Å². The van der Waals surface area contributed by atoms with Gasteiger partial charge in [0.2, 0.25) is 0 Å². The Morgan fingerprint density at radius 2 is 2.18 bits per heavy atom. The van der Waals surface area contributed by atoms with Crippen LogP contribution in [0.3, 0.4) is 0 Å². The lowest BCUT2D eigenvalue weighted by atomic mass is 9.90. The van der Waals surface area contributed by atoms with Crippen molar-refractivity contribution in [1.82, 2.24) is 0 Å². The number of hydrogen-bond acceptors (Lipinski definition) is 3. The van der Waals surface area contributed by atoms with Crippen molar-refractivity contribution in [2.24, 2.45) is 0 Å². The molecule has 1 aliphatic rings. The van der Waals surface area contributed by atoms with Gasteiger partial charge in [-0.2, -0.15) is 0 Å². The van der Waals surface area contributed by atoms with Crippen molar-refractivity contribution in [3.8, 4) is 0 Å². The first-order valence-electron chi connectivity index (χ1n) is 5.89. The summed E-state index contributed by atoms with van der Waals surface area (Å²) in [5.41, 5.74) is 3.45. The second-order valence-electron chi connectivity index (χ2n) is 5.16. The molecule has 0 fully saturated rings. The van der Waals surface area contributed by atoms with Crippen molar-refractivity contribution >= 4 is 0 Å². The van der Waals surface area contributed by atoms with Crippen molar-refractivity contribution in [2.75, 3.05) is 13.9 Å². The molecule has 0 saturated carbocycles. The van der Waals surface area contributed by atoms with E-state index in [0.717, 1.165) is 12.0 Å². The largest absolute Gasteiger partial charge is 0.359 e. The van der Waals surface area contributed by atoms with E-state index in [4.69, 9.17) is 14.2 Å². The van der Waals surface area contributed by atoms with Gasteiger partial charge in [0, 0.05) is 19.1 Å². The van der Waals surface area contributed by atoms with E-state index in [1.165, 1.54) is 11.1 Å². The Hall–Kier alpha value is -0.900. The fourth-order valence-electron chi connectivity index (χ4n) is 2.20. The van der Waals surface area contributed by atoms with Gasteiger partial charge < -0.3 is 14.2 Å². The summed E-state index contributed by atoms with van der Waals surface area (Å²) in [6.45, 7) is 6.49. The van der Waals surface area contributed by atoms with Crippen LogP contribution in [-0.4, -0.2) is 19.5 Å². The topological polar surface area (TPSA) is 27.7 Å². The monoisotopic (exact) mass is 236 g/mol. The summed E-state index contributed by atoms with van der Waals surface area (Å²) in [5, 5.41) is 0. The van der Waals surface area contributed by atoms with Crippen molar-refractivity contribution in [3.63, 3.8) is 0 Å². The van der Waals surface area contributed by atoms with E-state index in [2.05, 4.69) is 39.0 Å². The zero-order chi connectivity index (χ0) is 12.5. The molecule has 1 aliphatic heterocycles. The molecule has 17 heavy (non-hydrogen) atoms. The maximum Gasteiger partial charge on any atom is 0.187 e. The predicted molar refractivity (Wildman–Crippen MR) is 65.7 cm³/mol. The molecule has 0 spiro atoms. The number of benzene rings is 1. The third kappa shape index (κ3) is 2.86. The van der Waals surface area contributed by atoms with E-state index < -0.39 is 0 Å². The van der Waals surface area contributed by atoms with Crippen molar-refractivity contribution < 1.29 is 14.2 Å². The van der Waals surface area contributed by atoms with E-state index in [1.54, 1.807) is 7.11 Å². The number of ether oxygens (including phenoxy) is 3. The van der Waals surface area contributed by atoms with Gasteiger partial charge in [0.15, 0.2) is 6.29 Å². The lowest BCUT2D eigenvalue weighted by Crippen LogP contribution is -2.35. The Labute approximate surface area is 103 Å². The highest BCUT2D eigenvalue weighted by molar-refractivity contribution is 5.35. The molecule has 1 heterocycles. The molecule has 2 rings (SSSR count). The van der Waals surface area contributed by atoms with Gasteiger partial charge in [0.1, 0.15) is 6.79 Å². The summed E-state index contributed by atoms with van der Waals surface area (Å²) in [4.78, 5) is 0. The lowest BCUT2D eigenvalue weighted by Gasteiger charge is -2.37. The van der Waals surface area contributed by atoms with E-state index in [1.807, 2.05) is 0 Å². The molecule has 0 radical (unpaired) electrons. The molecule has 0 aromatic heterocycles. The minimum absolute atomic E-state index is 0.194. The van der Waals surface area contributed by atoms with Gasteiger partial charge in [-0.3, -0.25) is 0 Å². The van der Waals surface area contributed by atoms with Gasteiger partial charge in [0.05, 0.1) is 5.60 Å². The Morgan fingerprint density at radius 3 is 2.88 bits per heavy atom. The minimum atomic E-state index is -0.325. The van der Waals surface area contributed by atoms with Crippen LogP contribution >= 0.6 is 0 Å². The fraction of sp³-hybridized carbons (Fsp3) is 0.571. The van der Waals surface area contributed by atoms with Gasteiger partial charge in [-0.05, 0) is 26.3 Å². The highest BCUT2D eigenvalue weighted by atomic mass is 16.7. The number of aryl methyl sites for hydroxylation is 1. The van der Waals surface area contributed by atoms with Crippen LogP contribution in [0.25, 0.3) is 0 Å². The first-order valence-corrected chi connectivity index (χ1v) is 5.89. The normalized spacial score (nSPS) is 22.2. The SMILES string of the molecule is COCOC1OC(C)(C)Cc2ccc(C)cc21. The fourth-order valence-corrected chi connectivity index (χ4v) is 2.20. The third-order valence-electron chi connectivity index (χ3n) is 2.93. The number of fused-ring (bicyclic) bond motifs is 1. The molecule has 1 aromatic rings. The lowest BCUT2D eigenvalue weighted by molar-refractivity contribution is -0.242. The van der Waals surface area contributed by atoms with Crippen LogP contribution in [0.1, 0.15) is 36.8 Å². The maximum absolute atomic E-state index is 5.96. The zero-order valence-electron chi connectivity index (χ0n) is 10.9. The Morgan fingerprint density at radius 1 is 1.41 bits per heavy atom. The average Bonchev–Trinajstić information content (AvgIpc) is 2.26. The summed E-state index contributed by atoms with van der Waals surface area (Å²) < 4.78 is 16.5. The number of rotatable bonds is 3. The molecule has 1 atom stereocenters. The smallest absolute Gasteiger partial charge is 0.187 e. The van der Waals surface area contributed by atoms with E-state index in [0.29, 0.717) is 0 Å². The van der Waals surface area contributed by atoms with Crippen LogP contribution in [0.4, 0.5) is 0 Å². The molecule has 1 aromatic carbocycles. The molecule has 3 nitrogen and oxygen atoms in total. The number of hydrogen-bond donors (Lipinski definition) is 0. The van der Waals surface area contributed by atoms with Gasteiger partial charge >= 0.3 is 0 Å². The maximum atomic E-state index is 5.96. The molecule has 0 N–H and O–H groups in total. The Balaban J connectivity index is 2.30. The second kappa shape index (κ2) is 4.77. The highest BCUT2D eigenvalue weighted by Gasteiger charge is 2.33. The van der Waals surface area contributed by atoms with Gasteiger partial charge in [-0.25, -0.2) is 0 Å². The van der Waals surface area contributed by atoms with Crippen molar-refractivity contribution in [2.45, 2.75) is 39.1 Å². The summed E-state index contributed by atoms with van der Waals surface area (Å²) in [6.07, 6.45) is 0.587. The quantitative estimate of drug-likeness (QED) is 0.755. The van der Waals surface area contributed by atoms with Crippen LogP contribution in [-0.2, 0) is 20.6 Å². The molecule has 0 aliphatic carbocycles. The highest BCUT2D eigenvalue weighted by Crippen LogP contribution is 2.36. The third-order valence-corrected chi connectivity index (χ3v) is 2.93. The molecule has 1 unspecified atom stereocenters. The van der Waals surface area contributed by atoms with Crippen LogP contribution in [0.5, 0.6) is 0 Å². The first-order chi connectivity index (χ1) is 8.02. The molecule has 0 amide bonds. The molecule has 0 bridgehead atoms. The Bertz CT molecular complexity index is 398. The van der Waals surface area contributed by atoms with Crippen LogP contribution in [0, 0.1) is 6.92 Å². The molecule has 94 valence electrons. The zero-order valence-corrected chi connectivity index (χ0v) is 10.9. The molecular weight excluding hydrogens is 216 g/mol. The van der Waals surface area contributed by atoms with Crippen LogP contribution in [0.2, 0.25) is 0 Å². The first kappa shape index (κ1) is 12.6. The average molecular weight is 236 g/mol. The van der Waals surface area contributed by atoms with Crippen LogP contribution < -0.4 is 0 Å². The standard InChI is InChI=1S/C14H20O3/c1-10-5-6-11-8-14(2,3)17-13(12(11)7-10)16-9-15-4/h5-7,13H,8-9H2,1-4H3. The summed E-state index contributed by atoms with van der Waals surface area (Å²) in [6, 6.07) is 6.43. The Kier molecular flexibility index (Phi) is 3.52. The van der Waals surface area contributed by atoms with E-state index in [-0.39, 0.29) is 18.7 Å². The van der Waals surface area contributed by atoms with Crippen molar-refractivity contribution in [3.05, 3.63) is 34.9 Å². The van der Waals surface area contributed by atoms with Crippen molar-refractivity contribution in [1.29, 1.82) is 0 Å². The molecule has 3 heteroatoms. The summed E-state index contributed by atoms with van der Waals surface area (Å²) >= 11 is 0. The van der Waals surface area contributed by atoms with E-state index >= 15 is 0 Å². The summed E-state index contributed by atoms with van der Waals surface area (Å²) in [5.74, 6) is 0. The summed E-state index contributed by atoms with van der Waals surface area (Å²) in [7, 11) is 1.62. The van der Waals surface area contributed by atoms with Gasteiger partial charge in [-0.1, -0.05) is 23.8 Å². The minimum Gasteiger partial charge on any atom is -0.359 e. The van der Waals surface area contributed by atoms with Gasteiger partial charge in [-0.15, -0.1) is 0 Å². The number of methoxy groups -OCH3 is 1. The van der Waals surface area contributed by atoms with E-state index in [9.17, 15) is 0 Å². The van der Waals surface area contributed by atoms with Crippen LogP contribution in [0.15, 0.2) is 18.2 Å². The molecular formula is C14H20O3. The second-order valence-corrected chi connectivity index (χ2v) is 5.16.